The van der Waals surface area contributed by atoms with Gasteiger partial charge in [0.15, 0.2) is 6.61 Å². The number of rotatable bonds is 6. The molecule has 2 amide bonds. The molecule has 2 aromatic carbocycles. The minimum Gasteiger partial charge on any atom is -0.497 e. The first-order valence-corrected chi connectivity index (χ1v) is 8.17. The van der Waals surface area contributed by atoms with Gasteiger partial charge in [0, 0.05) is 18.7 Å². The summed E-state index contributed by atoms with van der Waals surface area (Å²) in [6, 6.07) is 12.3. The Bertz CT molecular complexity index is 777. The van der Waals surface area contributed by atoms with E-state index in [2.05, 4.69) is 5.32 Å². The van der Waals surface area contributed by atoms with E-state index in [9.17, 15) is 14.0 Å². The van der Waals surface area contributed by atoms with Crippen molar-refractivity contribution in [1.29, 1.82) is 0 Å². The van der Waals surface area contributed by atoms with Gasteiger partial charge in [0.05, 0.1) is 13.2 Å². The van der Waals surface area contributed by atoms with E-state index >= 15 is 0 Å². The molecule has 136 valence electrons. The number of benzene rings is 2. The minimum absolute atomic E-state index is 0.0556. The van der Waals surface area contributed by atoms with Gasteiger partial charge < -0.3 is 19.7 Å². The van der Waals surface area contributed by atoms with E-state index < -0.39 is 0 Å². The van der Waals surface area contributed by atoms with Gasteiger partial charge in [0.2, 0.25) is 5.91 Å². The normalized spacial score (nSPS) is 16.5. The predicted octanol–water partition coefficient (Wildman–Crippen LogP) is 2.13. The molecule has 1 aliphatic rings. The number of ether oxygens (including phenoxy) is 2. The van der Waals surface area contributed by atoms with Crippen molar-refractivity contribution in [3.05, 3.63) is 54.3 Å². The number of nitrogens with one attached hydrogen (secondary N) is 1. The van der Waals surface area contributed by atoms with Gasteiger partial charge in [-0.15, -0.1) is 0 Å². The molecule has 6 nitrogen and oxygen atoms in total. The predicted molar refractivity (Wildman–Crippen MR) is 93.8 cm³/mol. The number of carbonyl (C=O) groups is 2. The van der Waals surface area contributed by atoms with Crippen molar-refractivity contribution in [2.45, 2.75) is 12.5 Å². The van der Waals surface area contributed by atoms with Crippen LogP contribution >= 0.6 is 0 Å². The molecule has 1 fully saturated rings. The van der Waals surface area contributed by atoms with E-state index in [-0.39, 0.29) is 36.7 Å². The number of anilines is 1. The highest BCUT2D eigenvalue weighted by Crippen LogP contribution is 2.24. The summed E-state index contributed by atoms with van der Waals surface area (Å²) in [5, 5.41) is 2.79. The van der Waals surface area contributed by atoms with Gasteiger partial charge in [-0.1, -0.05) is 0 Å². The van der Waals surface area contributed by atoms with E-state index in [1.807, 2.05) is 0 Å². The third-order valence-electron chi connectivity index (χ3n) is 4.06. The second kappa shape index (κ2) is 7.86. The van der Waals surface area contributed by atoms with Gasteiger partial charge in [0.25, 0.3) is 5.91 Å². The van der Waals surface area contributed by atoms with Gasteiger partial charge in [-0.25, -0.2) is 4.39 Å². The molecule has 1 saturated heterocycles. The topological polar surface area (TPSA) is 67.9 Å². The summed E-state index contributed by atoms with van der Waals surface area (Å²) in [6.07, 6.45) is 0.230. The van der Waals surface area contributed by atoms with Crippen molar-refractivity contribution in [3.63, 3.8) is 0 Å². The fraction of sp³-hybridized carbons (Fsp3) is 0.263. The van der Waals surface area contributed by atoms with E-state index in [1.165, 1.54) is 24.3 Å². The van der Waals surface area contributed by atoms with E-state index in [0.717, 1.165) is 5.69 Å². The Morgan fingerprint density at radius 2 is 1.81 bits per heavy atom. The molecule has 7 heteroatoms. The molecular weight excluding hydrogens is 339 g/mol. The highest BCUT2D eigenvalue weighted by Gasteiger charge is 2.31. The summed E-state index contributed by atoms with van der Waals surface area (Å²) in [5.74, 6) is 0.362. The zero-order valence-electron chi connectivity index (χ0n) is 14.3. The SMILES string of the molecule is COc1ccc(N2CC(NC(=O)COc3ccc(F)cc3)CC2=O)cc1. The van der Waals surface area contributed by atoms with Gasteiger partial charge in [-0.2, -0.15) is 0 Å². The lowest BCUT2D eigenvalue weighted by Crippen LogP contribution is -2.39. The number of carbonyl (C=O) groups excluding carboxylic acids is 2. The van der Waals surface area contributed by atoms with Crippen LogP contribution in [0.5, 0.6) is 11.5 Å². The minimum atomic E-state index is -0.370. The molecule has 0 aromatic heterocycles. The van der Waals surface area contributed by atoms with Crippen LogP contribution in [0.4, 0.5) is 10.1 Å². The molecule has 1 heterocycles. The molecule has 2 aromatic rings. The Morgan fingerprint density at radius 1 is 1.15 bits per heavy atom. The number of hydrogen-bond donors (Lipinski definition) is 1. The molecule has 0 saturated carbocycles. The molecule has 3 rings (SSSR count). The van der Waals surface area contributed by atoms with Gasteiger partial charge in [-0.05, 0) is 48.5 Å². The van der Waals surface area contributed by atoms with Crippen molar-refractivity contribution in [2.75, 3.05) is 25.2 Å². The number of hydrogen-bond acceptors (Lipinski definition) is 4. The summed E-state index contributed by atoms with van der Waals surface area (Å²) in [6.45, 7) is 0.201. The average Bonchev–Trinajstić information content (AvgIpc) is 3.01. The Hall–Kier alpha value is -3.09. The quantitative estimate of drug-likeness (QED) is 0.859. The monoisotopic (exact) mass is 358 g/mol. The first kappa shape index (κ1) is 17.7. The molecule has 0 radical (unpaired) electrons. The van der Waals surface area contributed by atoms with Crippen molar-refractivity contribution in [3.8, 4) is 11.5 Å². The number of halogens is 1. The smallest absolute Gasteiger partial charge is 0.258 e. The first-order chi connectivity index (χ1) is 12.5. The Morgan fingerprint density at radius 3 is 2.46 bits per heavy atom. The highest BCUT2D eigenvalue weighted by molar-refractivity contribution is 5.97. The maximum absolute atomic E-state index is 12.8. The largest absolute Gasteiger partial charge is 0.497 e. The molecule has 26 heavy (non-hydrogen) atoms. The van der Waals surface area contributed by atoms with Crippen LogP contribution in [0.2, 0.25) is 0 Å². The lowest BCUT2D eigenvalue weighted by atomic mass is 10.2. The van der Waals surface area contributed by atoms with Gasteiger partial charge in [-0.3, -0.25) is 9.59 Å². The van der Waals surface area contributed by atoms with Crippen LogP contribution in [-0.2, 0) is 9.59 Å². The fourth-order valence-electron chi connectivity index (χ4n) is 2.77. The lowest BCUT2D eigenvalue weighted by molar-refractivity contribution is -0.123. The van der Waals surface area contributed by atoms with Crippen LogP contribution in [0, 0.1) is 5.82 Å². The third kappa shape index (κ3) is 4.30. The molecule has 0 aliphatic carbocycles. The van der Waals surface area contributed by atoms with Crippen LogP contribution in [0.1, 0.15) is 6.42 Å². The number of methoxy groups -OCH3 is 1. The lowest BCUT2D eigenvalue weighted by Gasteiger charge is -2.17. The Balaban J connectivity index is 1.51. The van der Waals surface area contributed by atoms with Gasteiger partial charge >= 0.3 is 0 Å². The van der Waals surface area contributed by atoms with E-state index in [4.69, 9.17) is 9.47 Å². The maximum atomic E-state index is 12.8. The molecule has 1 atom stereocenters. The summed E-state index contributed by atoms with van der Waals surface area (Å²) < 4.78 is 23.2. The Kier molecular flexibility index (Phi) is 5.36. The van der Waals surface area contributed by atoms with Crippen molar-refractivity contribution in [2.24, 2.45) is 0 Å². The second-order valence-electron chi connectivity index (χ2n) is 5.91. The molecule has 1 N–H and O–H groups in total. The average molecular weight is 358 g/mol. The molecular formula is C19H19FN2O4. The Labute approximate surface area is 150 Å². The van der Waals surface area contributed by atoms with Crippen LogP contribution in [0.15, 0.2) is 48.5 Å². The van der Waals surface area contributed by atoms with Crippen molar-refractivity contribution in [1.82, 2.24) is 5.32 Å². The standard InChI is InChI=1S/C19H19FN2O4/c1-25-16-8-4-15(5-9-16)22-11-14(10-19(22)24)21-18(23)12-26-17-6-2-13(20)3-7-17/h2-9,14H,10-12H2,1H3,(H,21,23). The molecule has 0 bridgehead atoms. The number of nitrogens with zero attached hydrogens (tertiary/aromatic N) is 1. The highest BCUT2D eigenvalue weighted by atomic mass is 19.1. The van der Waals surface area contributed by atoms with Gasteiger partial charge in [0.1, 0.15) is 17.3 Å². The van der Waals surface area contributed by atoms with Crippen molar-refractivity contribution >= 4 is 17.5 Å². The summed E-state index contributed by atoms with van der Waals surface area (Å²) in [4.78, 5) is 25.9. The summed E-state index contributed by atoms with van der Waals surface area (Å²) in [5.41, 5.74) is 0.759. The van der Waals surface area contributed by atoms with Crippen LogP contribution < -0.4 is 19.7 Å². The zero-order valence-corrected chi connectivity index (χ0v) is 14.3. The van der Waals surface area contributed by atoms with E-state index in [0.29, 0.717) is 18.0 Å². The van der Waals surface area contributed by atoms with E-state index in [1.54, 1.807) is 36.3 Å². The van der Waals surface area contributed by atoms with Crippen LogP contribution in [0.25, 0.3) is 0 Å². The van der Waals surface area contributed by atoms with Crippen molar-refractivity contribution < 1.29 is 23.5 Å². The van der Waals surface area contributed by atoms with Crippen LogP contribution in [0.3, 0.4) is 0 Å². The molecule has 0 spiro atoms. The third-order valence-corrected chi connectivity index (χ3v) is 4.06. The first-order valence-electron chi connectivity index (χ1n) is 8.17. The maximum Gasteiger partial charge on any atom is 0.258 e. The zero-order chi connectivity index (χ0) is 18.5. The number of amides is 2. The molecule has 1 aliphatic heterocycles. The summed E-state index contributed by atoms with van der Waals surface area (Å²) >= 11 is 0. The fourth-order valence-corrected chi connectivity index (χ4v) is 2.77. The van der Waals surface area contributed by atoms with Crippen LogP contribution in [-0.4, -0.2) is 38.1 Å². The second-order valence-corrected chi connectivity index (χ2v) is 5.91. The summed E-state index contributed by atoms with van der Waals surface area (Å²) in [7, 11) is 1.58. The molecule has 1 unspecified atom stereocenters.